The van der Waals surface area contributed by atoms with E-state index in [1.165, 1.54) is 12.1 Å². The molecule has 0 radical (unpaired) electrons. The lowest BCUT2D eigenvalue weighted by Crippen LogP contribution is -2.07. The Hall–Kier alpha value is -3.97. The van der Waals surface area contributed by atoms with Gasteiger partial charge >= 0.3 is 0 Å². The Balaban J connectivity index is 1.43. The van der Waals surface area contributed by atoms with Gasteiger partial charge in [0.2, 0.25) is 0 Å². The highest BCUT2D eigenvalue weighted by Crippen LogP contribution is 2.24. The Labute approximate surface area is 195 Å². The summed E-state index contributed by atoms with van der Waals surface area (Å²) in [5.74, 6) is -0.912. The van der Waals surface area contributed by atoms with E-state index in [0.29, 0.717) is 29.9 Å². The molecular weight excluding hydrogens is 431 g/mol. The Kier molecular flexibility index (Phi) is 5.86. The van der Waals surface area contributed by atoms with Gasteiger partial charge in [-0.1, -0.05) is 18.2 Å². The molecule has 0 unspecified atom stereocenters. The number of aliphatic hydroxyl groups is 1. The summed E-state index contributed by atoms with van der Waals surface area (Å²) in [5, 5.41) is 10.4. The predicted molar refractivity (Wildman–Crippen MR) is 129 cm³/mol. The first-order chi connectivity index (χ1) is 16.5. The second kappa shape index (κ2) is 9.11. The van der Waals surface area contributed by atoms with Crippen LogP contribution in [0.25, 0.3) is 33.3 Å². The molecule has 0 aliphatic carbocycles. The summed E-state index contributed by atoms with van der Waals surface area (Å²) in [6.45, 7) is 2.19. The van der Waals surface area contributed by atoms with E-state index in [2.05, 4.69) is 16.0 Å². The van der Waals surface area contributed by atoms with Gasteiger partial charge in [-0.2, -0.15) is 0 Å². The SMILES string of the molecule is C[C@@H](O)CCC(=O)c1ccc(-c2ccc3ncn(Cc4ccc5ncccc5c4)c3n2)cc1F. The Morgan fingerprint density at radius 2 is 1.91 bits per heavy atom. The van der Waals surface area contributed by atoms with E-state index in [1.807, 2.05) is 34.9 Å². The molecule has 2 aromatic carbocycles. The number of aromatic nitrogens is 4. The Bertz CT molecular complexity index is 1510. The van der Waals surface area contributed by atoms with Crippen LogP contribution in [0.4, 0.5) is 4.39 Å². The molecule has 0 aliphatic rings. The maximum atomic E-state index is 14.7. The molecule has 6 nitrogen and oxygen atoms in total. The van der Waals surface area contributed by atoms with Crippen molar-refractivity contribution in [2.24, 2.45) is 0 Å². The minimum Gasteiger partial charge on any atom is -0.393 e. The van der Waals surface area contributed by atoms with E-state index in [1.54, 1.807) is 31.6 Å². The topological polar surface area (TPSA) is 80.9 Å². The van der Waals surface area contributed by atoms with Crippen molar-refractivity contribution in [3.05, 3.63) is 90.1 Å². The van der Waals surface area contributed by atoms with E-state index in [9.17, 15) is 14.3 Å². The summed E-state index contributed by atoms with van der Waals surface area (Å²) in [6.07, 6.45) is 3.33. The summed E-state index contributed by atoms with van der Waals surface area (Å²) >= 11 is 0. The summed E-state index contributed by atoms with van der Waals surface area (Å²) in [7, 11) is 0. The molecule has 3 aromatic heterocycles. The van der Waals surface area contributed by atoms with Gasteiger partial charge in [-0.25, -0.2) is 14.4 Å². The number of aliphatic hydroxyl groups excluding tert-OH is 1. The summed E-state index contributed by atoms with van der Waals surface area (Å²) in [6, 6.07) is 18.2. The fraction of sp³-hybridized carbons (Fsp3) is 0.185. The second-order valence-electron chi connectivity index (χ2n) is 8.45. The highest BCUT2D eigenvalue weighted by atomic mass is 19.1. The molecule has 1 N–H and O–H groups in total. The second-order valence-corrected chi connectivity index (χ2v) is 8.45. The molecule has 7 heteroatoms. The minimum absolute atomic E-state index is 0.0290. The van der Waals surface area contributed by atoms with Gasteiger partial charge in [-0.15, -0.1) is 0 Å². The molecule has 0 saturated heterocycles. The molecule has 0 spiro atoms. The highest BCUT2D eigenvalue weighted by Gasteiger charge is 2.15. The molecule has 0 saturated carbocycles. The van der Waals surface area contributed by atoms with Crippen molar-refractivity contribution in [3.8, 4) is 11.3 Å². The predicted octanol–water partition coefficient (Wildman–Crippen LogP) is 5.18. The number of halogens is 1. The van der Waals surface area contributed by atoms with Gasteiger partial charge in [0.25, 0.3) is 0 Å². The van der Waals surface area contributed by atoms with Crippen molar-refractivity contribution < 1.29 is 14.3 Å². The van der Waals surface area contributed by atoms with Crippen LogP contribution in [0.15, 0.2) is 73.2 Å². The molecule has 5 rings (SSSR count). The van der Waals surface area contributed by atoms with Gasteiger partial charge < -0.3 is 9.67 Å². The number of Topliss-reactive ketones (excluding diaryl/α,β-unsaturated/α-hetero) is 1. The third-order valence-corrected chi connectivity index (χ3v) is 5.84. The fourth-order valence-corrected chi connectivity index (χ4v) is 4.01. The van der Waals surface area contributed by atoms with E-state index < -0.39 is 11.9 Å². The molecule has 0 fully saturated rings. The number of hydrogen-bond acceptors (Lipinski definition) is 5. The van der Waals surface area contributed by atoms with Crippen molar-refractivity contribution in [2.45, 2.75) is 32.4 Å². The van der Waals surface area contributed by atoms with E-state index in [-0.39, 0.29) is 17.8 Å². The first-order valence-electron chi connectivity index (χ1n) is 11.1. The van der Waals surface area contributed by atoms with Crippen LogP contribution in [-0.4, -0.2) is 36.5 Å². The zero-order valence-electron chi connectivity index (χ0n) is 18.6. The highest BCUT2D eigenvalue weighted by molar-refractivity contribution is 5.96. The first kappa shape index (κ1) is 21.9. The monoisotopic (exact) mass is 454 g/mol. The average molecular weight is 455 g/mol. The number of hydrogen-bond donors (Lipinski definition) is 1. The van der Waals surface area contributed by atoms with E-state index >= 15 is 0 Å². The molecule has 1 atom stereocenters. The van der Waals surface area contributed by atoms with Gasteiger partial charge in [0, 0.05) is 23.6 Å². The fourth-order valence-electron chi connectivity index (χ4n) is 4.01. The number of carbonyl (C=O) groups excluding carboxylic acids is 1. The number of pyridine rings is 2. The van der Waals surface area contributed by atoms with Crippen LogP contribution in [0, 0.1) is 5.82 Å². The van der Waals surface area contributed by atoms with Gasteiger partial charge in [-0.05, 0) is 61.4 Å². The number of benzene rings is 2. The van der Waals surface area contributed by atoms with Crippen molar-refractivity contribution in [1.29, 1.82) is 0 Å². The largest absolute Gasteiger partial charge is 0.393 e. The van der Waals surface area contributed by atoms with Gasteiger partial charge in [0.15, 0.2) is 11.4 Å². The third kappa shape index (κ3) is 4.43. The van der Waals surface area contributed by atoms with Crippen molar-refractivity contribution in [3.63, 3.8) is 0 Å². The molecule has 5 aromatic rings. The molecule has 34 heavy (non-hydrogen) atoms. The molecule has 170 valence electrons. The van der Waals surface area contributed by atoms with Gasteiger partial charge in [0.1, 0.15) is 11.3 Å². The van der Waals surface area contributed by atoms with Crippen LogP contribution < -0.4 is 0 Å². The zero-order chi connectivity index (χ0) is 23.7. The van der Waals surface area contributed by atoms with Crippen LogP contribution in [-0.2, 0) is 6.54 Å². The van der Waals surface area contributed by atoms with Crippen LogP contribution in [0.3, 0.4) is 0 Å². The van der Waals surface area contributed by atoms with Crippen molar-refractivity contribution in [2.75, 3.05) is 0 Å². The third-order valence-electron chi connectivity index (χ3n) is 5.84. The Morgan fingerprint density at radius 1 is 1.06 bits per heavy atom. The molecule has 3 heterocycles. The van der Waals surface area contributed by atoms with Crippen LogP contribution >= 0.6 is 0 Å². The lowest BCUT2D eigenvalue weighted by molar-refractivity contribution is 0.0945. The first-order valence-corrected chi connectivity index (χ1v) is 11.1. The van der Waals surface area contributed by atoms with Crippen LogP contribution in [0.1, 0.15) is 35.7 Å². The number of imidazole rings is 1. The normalized spacial score (nSPS) is 12.3. The number of carbonyl (C=O) groups is 1. The van der Waals surface area contributed by atoms with Crippen molar-refractivity contribution >= 4 is 27.9 Å². The standard InChI is InChI=1S/C27H23FN4O2/c1-17(33)4-11-26(34)21-7-6-20(14-22(21)28)24-9-10-25-27(31-24)32(16-30-25)15-18-5-8-23-19(13-18)3-2-12-29-23/h2-3,5-10,12-14,16-17,33H,4,11,15H2,1H3/t17-/m1/s1. The number of ketones is 1. The Morgan fingerprint density at radius 3 is 2.74 bits per heavy atom. The van der Waals surface area contributed by atoms with E-state index in [0.717, 1.165) is 22.0 Å². The number of nitrogens with zero attached hydrogens (tertiary/aromatic N) is 4. The van der Waals surface area contributed by atoms with Crippen LogP contribution in [0.5, 0.6) is 0 Å². The van der Waals surface area contributed by atoms with Crippen molar-refractivity contribution in [1.82, 2.24) is 19.5 Å². The van der Waals surface area contributed by atoms with Crippen LogP contribution in [0.2, 0.25) is 0 Å². The van der Waals surface area contributed by atoms with Gasteiger partial charge in [-0.3, -0.25) is 9.78 Å². The quantitative estimate of drug-likeness (QED) is 0.343. The average Bonchev–Trinajstić information content (AvgIpc) is 3.24. The molecule has 0 bridgehead atoms. The maximum Gasteiger partial charge on any atom is 0.165 e. The smallest absolute Gasteiger partial charge is 0.165 e. The maximum absolute atomic E-state index is 14.7. The molecule has 0 amide bonds. The van der Waals surface area contributed by atoms with Gasteiger partial charge in [0.05, 0.1) is 35.8 Å². The summed E-state index contributed by atoms with van der Waals surface area (Å²) < 4.78 is 16.7. The lowest BCUT2D eigenvalue weighted by atomic mass is 10.0. The molecule has 0 aliphatic heterocycles. The summed E-state index contributed by atoms with van der Waals surface area (Å²) in [5.41, 5.74) is 4.68. The zero-order valence-corrected chi connectivity index (χ0v) is 18.6. The minimum atomic E-state index is -0.599. The number of fused-ring (bicyclic) bond motifs is 2. The van der Waals surface area contributed by atoms with E-state index in [4.69, 9.17) is 4.98 Å². The molecular formula is C27H23FN4O2. The summed E-state index contributed by atoms with van der Waals surface area (Å²) in [4.78, 5) is 25.8. The number of rotatable bonds is 7. The lowest BCUT2D eigenvalue weighted by Gasteiger charge is -2.08.